The number of hydrogen-bond donors (Lipinski definition) is 1. The molecule has 160 valence electrons. The lowest BCUT2D eigenvalue weighted by Crippen LogP contribution is -2.35. The van der Waals surface area contributed by atoms with Crippen molar-refractivity contribution in [1.29, 1.82) is 0 Å². The summed E-state index contributed by atoms with van der Waals surface area (Å²) in [6.45, 7) is 3.21. The van der Waals surface area contributed by atoms with Crippen molar-refractivity contribution in [3.8, 4) is 23.0 Å². The highest BCUT2D eigenvalue weighted by molar-refractivity contribution is 6.11. The minimum absolute atomic E-state index is 0.117. The first-order chi connectivity index (χ1) is 14.6. The van der Waals surface area contributed by atoms with Crippen LogP contribution in [0, 0.1) is 0 Å². The fourth-order valence-electron chi connectivity index (χ4n) is 3.35. The Hall–Kier alpha value is -3.03. The summed E-state index contributed by atoms with van der Waals surface area (Å²) in [5, 5.41) is 11.0. The van der Waals surface area contributed by atoms with Crippen molar-refractivity contribution in [2.24, 2.45) is 0 Å². The van der Waals surface area contributed by atoms with E-state index in [1.54, 1.807) is 19.3 Å². The second-order valence-electron chi connectivity index (χ2n) is 6.84. The van der Waals surface area contributed by atoms with E-state index in [9.17, 15) is 9.90 Å². The van der Waals surface area contributed by atoms with Crippen LogP contribution in [0.25, 0.3) is 6.08 Å². The fraction of sp³-hybridized carbons (Fsp3) is 0.348. The summed E-state index contributed by atoms with van der Waals surface area (Å²) in [5.41, 5.74) is 1.51. The number of carbonyl (C=O) groups is 1. The first-order valence-corrected chi connectivity index (χ1v) is 9.70. The van der Waals surface area contributed by atoms with Gasteiger partial charge in [-0.15, -0.1) is 0 Å². The lowest BCUT2D eigenvalue weighted by atomic mass is 10.0. The summed E-state index contributed by atoms with van der Waals surface area (Å²) in [5.74, 6) is 1.000. The summed E-state index contributed by atoms with van der Waals surface area (Å²) in [6.07, 6.45) is 3.11. The summed E-state index contributed by atoms with van der Waals surface area (Å²) in [7, 11) is 4.59. The fourth-order valence-corrected chi connectivity index (χ4v) is 3.35. The molecule has 0 amide bonds. The number of benzene rings is 2. The molecule has 1 aliphatic heterocycles. The van der Waals surface area contributed by atoms with Gasteiger partial charge in [0.1, 0.15) is 28.6 Å². The van der Waals surface area contributed by atoms with E-state index in [1.165, 1.54) is 20.3 Å². The van der Waals surface area contributed by atoms with Crippen molar-refractivity contribution >= 4 is 11.9 Å². The van der Waals surface area contributed by atoms with Crippen LogP contribution in [0.1, 0.15) is 21.5 Å². The van der Waals surface area contributed by atoms with Gasteiger partial charge >= 0.3 is 0 Å². The number of ether oxygens (including phenoxy) is 4. The minimum atomic E-state index is -0.356. The molecular weight excluding hydrogens is 386 g/mol. The Kier molecular flexibility index (Phi) is 7.32. The number of hydrogen-bond acceptors (Lipinski definition) is 7. The van der Waals surface area contributed by atoms with Crippen molar-refractivity contribution in [2.45, 2.75) is 6.54 Å². The van der Waals surface area contributed by atoms with Gasteiger partial charge in [0.05, 0.1) is 40.1 Å². The number of methoxy groups -OCH3 is 3. The Bertz CT molecular complexity index is 901. The van der Waals surface area contributed by atoms with Gasteiger partial charge in [-0.05, 0) is 23.8 Å². The lowest BCUT2D eigenvalue weighted by molar-refractivity contribution is 0.0335. The number of carbonyl (C=O) groups excluding carboxylic acids is 1. The molecule has 7 heteroatoms. The number of phenols is 1. The normalized spacial score (nSPS) is 14.6. The molecule has 1 heterocycles. The monoisotopic (exact) mass is 413 g/mol. The van der Waals surface area contributed by atoms with Crippen molar-refractivity contribution in [2.75, 3.05) is 47.6 Å². The third-order valence-corrected chi connectivity index (χ3v) is 5.04. The van der Waals surface area contributed by atoms with Crippen molar-refractivity contribution in [1.82, 2.24) is 4.90 Å². The molecule has 1 aliphatic rings. The molecule has 1 fully saturated rings. The predicted octanol–water partition coefficient (Wildman–Crippen LogP) is 3.15. The molecule has 1 saturated heterocycles. The first-order valence-electron chi connectivity index (χ1n) is 9.70. The molecule has 3 rings (SSSR count). The predicted molar refractivity (Wildman–Crippen MR) is 114 cm³/mol. The molecule has 0 saturated carbocycles. The molecule has 0 aliphatic carbocycles. The first kappa shape index (κ1) is 21.7. The van der Waals surface area contributed by atoms with E-state index in [-0.39, 0.29) is 22.8 Å². The van der Waals surface area contributed by atoms with Gasteiger partial charge in [0.25, 0.3) is 0 Å². The van der Waals surface area contributed by atoms with Gasteiger partial charge in [0.15, 0.2) is 5.78 Å². The summed E-state index contributed by atoms with van der Waals surface area (Å²) < 4.78 is 21.4. The SMILES string of the molecule is COc1ccc(C=CC(=O)c2c(OC)cc(OC)c(CN3CCOCC3)c2O)cc1. The average Bonchev–Trinajstić information content (AvgIpc) is 2.79. The Morgan fingerprint density at radius 1 is 1.07 bits per heavy atom. The van der Waals surface area contributed by atoms with E-state index in [4.69, 9.17) is 18.9 Å². The number of aromatic hydroxyl groups is 1. The zero-order valence-electron chi connectivity index (χ0n) is 17.5. The van der Waals surface area contributed by atoms with Gasteiger partial charge in [-0.3, -0.25) is 9.69 Å². The Morgan fingerprint density at radius 3 is 2.33 bits per heavy atom. The van der Waals surface area contributed by atoms with Crippen molar-refractivity contribution in [3.05, 3.63) is 53.1 Å². The van der Waals surface area contributed by atoms with E-state index >= 15 is 0 Å². The molecule has 2 aromatic rings. The molecular formula is C23H27NO6. The molecule has 0 atom stereocenters. The van der Waals surface area contributed by atoms with E-state index in [0.29, 0.717) is 31.1 Å². The highest BCUT2D eigenvalue weighted by Crippen LogP contribution is 2.40. The largest absolute Gasteiger partial charge is 0.507 e. The zero-order valence-corrected chi connectivity index (χ0v) is 17.5. The van der Waals surface area contributed by atoms with Crippen LogP contribution in [-0.4, -0.2) is 63.4 Å². The maximum atomic E-state index is 13.0. The number of phenolic OH excluding ortho intramolecular Hbond substituents is 1. The van der Waals surface area contributed by atoms with Gasteiger partial charge < -0.3 is 24.1 Å². The standard InChI is InChI=1S/C23H27NO6/c1-27-17-7-4-16(5-8-17)6-9-19(25)22-21(29-3)14-20(28-2)18(23(22)26)15-24-10-12-30-13-11-24/h4-9,14,26H,10-13,15H2,1-3H3. The molecule has 0 bridgehead atoms. The van der Waals surface area contributed by atoms with E-state index in [0.717, 1.165) is 24.4 Å². The number of nitrogens with zero attached hydrogens (tertiary/aromatic N) is 1. The average molecular weight is 413 g/mol. The number of ketones is 1. The van der Waals surface area contributed by atoms with Crippen LogP contribution in [0.4, 0.5) is 0 Å². The topological polar surface area (TPSA) is 77.5 Å². The number of rotatable bonds is 8. The van der Waals surface area contributed by atoms with Gasteiger partial charge in [0.2, 0.25) is 0 Å². The second-order valence-corrected chi connectivity index (χ2v) is 6.84. The third-order valence-electron chi connectivity index (χ3n) is 5.04. The molecule has 0 unspecified atom stereocenters. The van der Waals surface area contributed by atoms with E-state index in [2.05, 4.69) is 4.90 Å². The summed E-state index contributed by atoms with van der Waals surface area (Å²) in [6, 6.07) is 8.96. The van der Waals surface area contributed by atoms with Crippen molar-refractivity contribution < 1.29 is 28.8 Å². The third kappa shape index (κ3) is 4.93. The van der Waals surface area contributed by atoms with Gasteiger partial charge in [-0.2, -0.15) is 0 Å². The van der Waals surface area contributed by atoms with Crippen molar-refractivity contribution in [3.63, 3.8) is 0 Å². The van der Waals surface area contributed by atoms with Gasteiger partial charge in [-0.1, -0.05) is 18.2 Å². The molecule has 0 aromatic heterocycles. The second kappa shape index (κ2) is 10.1. The maximum Gasteiger partial charge on any atom is 0.193 e. The smallest absolute Gasteiger partial charge is 0.193 e. The van der Waals surface area contributed by atoms with E-state index < -0.39 is 0 Å². The molecule has 2 aromatic carbocycles. The van der Waals surface area contributed by atoms with Crippen LogP contribution in [0.5, 0.6) is 23.0 Å². The summed E-state index contributed by atoms with van der Waals surface area (Å²) >= 11 is 0. The van der Waals surface area contributed by atoms with Crippen LogP contribution >= 0.6 is 0 Å². The molecule has 0 radical (unpaired) electrons. The quantitative estimate of drug-likeness (QED) is 0.526. The lowest BCUT2D eigenvalue weighted by Gasteiger charge is -2.28. The van der Waals surface area contributed by atoms with Gasteiger partial charge in [0, 0.05) is 25.7 Å². The summed E-state index contributed by atoms with van der Waals surface area (Å²) in [4.78, 5) is 15.1. The van der Waals surface area contributed by atoms with E-state index in [1.807, 2.05) is 24.3 Å². The van der Waals surface area contributed by atoms with Crippen LogP contribution in [-0.2, 0) is 11.3 Å². The van der Waals surface area contributed by atoms with Crippen LogP contribution < -0.4 is 14.2 Å². The Labute approximate surface area is 176 Å². The zero-order chi connectivity index (χ0) is 21.5. The highest BCUT2D eigenvalue weighted by Gasteiger charge is 2.25. The van der Waals surface area contributed by atoms with Crippen LogP contribution in [0.15, 0.2) is 36.4 Å². The van der Waals surface area contributed by atoms with Crippen LogP contribution in [0.3, 0.4) is 0 Å². The molecule has 1 N–H and O–H groups in total. The number of allylic oxidation sites excluding steroid dienone is 1. The number of morpholine rings is 1. The highest BCUT2D eigenvalue weighted by atomic mass is 16.5. The maximum absolute atomic E-state index is 13.0. The molecule has 0 spiro atoms. The minimum Gasteiger partial charge on any atom is -0.507 e. The Morgan fingerprint density at radius 2 is 1.73 bits per heavy atom. The van der Waals surface area contributed by atoms with Crippen LogP contribution in [0.2, 0.25) is 0 Å². The molecule has 7 nitrogen and oxygen atoms in total. The van der Waals surface area contributed by atoms with Gasteiger partial charge in [-0.25, -0.2) is 0 Å². The molecule has 30 heavy (non-hydrogen) atoms. The Balaban J connectivity index is 1.91.